The molecule has 17 heavy (non-hydrogen) atoms. The number of nitrogens with zero attached hydrogens (tertiary/aromatic N) is 2. The normalized spacial score (nSPS) is 10.1. The maximum atomic E-state index is 12.1. The molecule has 0 aliphatic carbocycles. The molecule has 0 aromatic heterocycles. The summed E-state index contributed by atoms with van der Waals surface area (Å²) in [6, 6.07) is 7.76. The molecule has 0 aliphatic heterocycles. The van der Waals surface area contributed by atoms with Crippen molar-refractivity contribution in [2.75, 3.05) is 25.0 Å². The predicted octanol–water partition coefficient (Wildman–Crippen LogP) is 2.04. The molecule has 0 bridgehead atoms. The maximum Gasteiger partial charge on any atom is 0.324 e. The average Bonchev–Trinajstić information content (AvgIpc) is 2.39. The van der Waals surface area contributed by atoms with Crippen molar-refractivity contribution in [1.82, 2.24) is 4.90 Å². The third kappa shape index (κ3) is 3.20. The van der Waals surface area contributed by atoms with Crippen LogP contribution in [0, 0.1) is 0 Å². The second-order valence-corrected chi connectivity index (χ2v) is 3.88. The third-order valence-electron chi connectivity index (χ3n) is 2.88. The smallest absolute Gasteiger partial charge is 0.324 e. The summed E-state index contributed by atoms with van der Waals surface area (Å²) in [5, 5.41) is 0. The van der Waals surface area contributed by atoms with Crippen LogP contribution in [0.4, 0.5) is 10.5 Å². The van der Waals surface area contributed by atoms with Gasteiger partial charge >= 0.3 is 6.03 Å². The van der Waals surface area contributed by atoms with Crippen LogP contribution in [0.25, 0.3) is 0 Å². The summed E-state index contributed by atoms with van der Waals surface area (Å²) in [4.78, 5) is 15.5. The highest BCUT2D eigenvalue weighted by atomic mass is 16.2. The van der Waals surface area contributed by atoms with Crippen molar-refractivity contribution >= 4 is 11.7 Å². The Morgan fingerprint density at radius 3 is 2.12 bits per heavy atom. The van der Waals surface area contributed by atoms with Gasteiger partial charge < -0.3 is 10.6 Å². The summed E-state index contributed by atoms with van der Waals surface area (Å²) in [5.41, 5.74) is 7.49. The standard InChI is InChI=1S/C13H21N3O/c1-4-16(5-2)13(17)15(3)12-8-6-11(10-14)7-9-12/h6-9H,4-5,10,14H2,1-3H3. The Morgan fingerprint density at radius 1 is 1.18 bits per heavy atom. The number of benzene rings is 1. The fourth-order valence-corrected chi connectivity index (χ4v) is 1.67. The summed E-state index contributed by atoms with van der Waals surface area (Å²) >= 11 is 0. The van der Waals surface area contributed by atoms with E-state index in [9.17, 15) is 4.79 Å². The molecule has 4 heteroatoms. The first kappa shape index (κ1) is 13.5. The lowest BCUT2D eigenvalue weighted by Crippen LogP contribution is -2.41. The van der Waals surface area contributed by atoms with E-state index in [1.54, 1.807) is 16.8 Å². The van der Waals surface area contributed by atoms with Crippen LogP contribution in [0.1, 0.15) is 19.4 Å². The highest BCUT2D eigenvalue weighted by Crippen LogP contribution is 2.15. The third-order valence-corrected chi connectivity index (χ3v) is 2.88. The largest absolute Gasteiger partial charge is 0.326 e. The number of hydrogen-bond acceptors (Lipinski definition) is 2. The molecule has 1 aromatic rings. The van der Waals surface area contributed by atoms with Crippen LogP contribution < -0.4 is 10.6 Å². The molecule has 4 nitrogen and oxygen atoms in total. The summed E-state index contributed by atoms with van der Waals surface area (Å²) in [6.07, 6.45) is 0. The van der Waals surface area contributed by atoms with Gasteiger partial charge in [0.25, 0.3) is 0 Å². The molecular weight excluding hydrogens is 214 g/mol. The Morgan fingerprint density at radius 2 is 1.71 bits per heavy atom. The molecular formula is C13H21N3O. The van der Waals surface area contributed by atoms with E-state index in [0.717, 1.165) is 24.3 Å². The molecule has 0 radical (unpaired) electrons. The van der Waals surface area contributed by atoms with Crippen molar-refractivity contribution in [2.45, 2.75) is 20.4 Å². The summed E-state index contributed by atoms with van der Waals surface area (Å²) in [7, 11) is 1.79. The molecule has 2 amide bonds. The van der Waals surface area contributed by atoms with Gasteiger partial charge in [-0.25, -0.2) is 4.79 Å². The number of rotatable bonds is 4. The minimum atomic E-state index is 0.0236. The molecule has 0 heterocycles. The van der Waals surface area contributed by atoms with E-state index in [0.29, 0.717) is 6.54 Å². The zero-order valence-corrected chi connectivity index (χ0v) is 10.8. The molecule has 0 aliphatic rings. The van der Waals surface area contributed by atoms with Crippen molar-refractivity contribution in [3.8, 4) is 0 Å². The van der Waals surface area contributed by atoms with Gasteiger partial charge in [0, 0.05) is 32.4 Å². The van der Waals surface area contributed by atoms with Gasteiger partial charge in [-0.15, -0.1) is 0 Å². The van der Waals surface area contributed by atoms with Crippen LogP contribution in [0.5, 0.6) is 0 Å². The van der Waals surface area contributed by atoms with E-state index in [1.165, 1.54) is 0 Å². The van der Waals surface area contributed by atoms with Crippen molar-refractivity contribution < 1.29 is 4.79 Å². The Labute approximate surface area is 103 Å². The molecule has 1 aromatic carbocycles. The molecule has 2 N–H and O–H groups in total. The lowest BCUT2D eigenvalue weighted by atomic mass is 10.2. The minimum absolute atomic E-state index is 0.0236. The van der Waals surface area contributed by atoms with Crippen LogP contribution in [0.15, 0.2) is 24.3 Å². The van der Waals surface area contributed by atoms with E-state index < -0.39 is 0 Å². The van der Waals surface area contributed by atoms with Gasteiger partial charge in [-0.3, -0.25) is 4.90 Å². The predicted molar refractivity (Wildman–Crippen MR) is 71.1 cm³/mol. The molecule has 0 saturated heterocycles. The molecule has 1 rings (SSSR count). The second-order valence-electron chi connectivity index (χ2n) is 3.88. The van der Waals surface area contributed by atoms with Crippen LogP contribution in [-0.4, -0.2) is 31.1 Å². The van der Waals surface area contributed by atoms with Gasteiger partial charge in [-0.2, -0.15) is 0 Å². The summed E-state index contributed by atoms with van der Waals surface area (Å²) < 4.78 is 0. The summed E-state index contributed by atoms with van der Waals surface area (Å²) in [6.45, 7) is 5.93. The van der Waals surface area contributed by atoms with Gasteiger partial charge in [0.2, 0.25) is 0 Å². The topological polar surface area (TPSA) is 49.6 Å². The Balaban J connectivity index is 2.80. The SMILES string of the molecule is CCN(CC)C(=O)N(C)c1ccc(CN)cc1. The molecule has 0 spiro atoms. The number of hydrogen-bond donors (Lipinski definition) is 1. The van der Waals surface area contributed by atoms with E-state index in [1.807, 2.05) is 38.1 Å². The van der Waals surface area contributed by atoms with Crippen molar-refractivity contribution in [1.29, 1.82) is 0 Å². The zero-order valence-electron chi connectivity index (χ0n) is 10.8. The van der Waals surface area contributed by atoms with Gasteiger partial charge in [-0.1, -0.05) is 12.1 Å². The Kier molecular flexibility index (Phi) is 4.97. The fraction of sp³-hybridized carbons (Fsp3) is 0.462. The van der Waals surface area contributed by atoms with Crippen LogP contribution >= 0.6 is 0 Å². The van der Waals surface area contributed by atoms with Crippen LogP contribution in [0.3, 0.4) is 0 Å². The number of carbonyl (C=O) groups excluding carboxylic acids is 1. The number of amides is 2. The summed E-state index contributed by atoms with van der Waals surface area (Å²) in [5.74, 6) is 0. The van der Waals surface area contributed by atoms with Crippen LogP contribution in [0.2, 0.25) is 0 Å². The number of anilines is 1. The monoisotopic (exact) mass is 235 g/mol. The van der Waals surface area contributed by atoms with Gasteiger partial charge in [0.1, 0.15) is 0 Å². The maximum absolute atomic E-state index is 12.1. The van der Waals surface area contributed by atoms with E-state index in [2.05, 4.69) is 0 Å². The molecule has 0 saturated carbocycles. The van der Waals surface area contributed by atoms with Gasteiger partial charge in [-0.05, 0) is 31.5 Å². The molecule has 0 atom stereocenters. The molecule has 0 unspecified atom stereocenters. The fourth-order valence-electron chi connectivity index (χ4n) is 1.67. The Hall–Kier alpha value is -1.55. The second kappa shape index (κ2) is 6.25. The van der Waals surface area contributed by atoms with Gasteiger partial charge in [0.05, 0.1) is 0 Å². The minimum Gasteiger partial charge on any atom is -0.326 e. The number of carbonyl (C=O) groups is 1. The van der Waals surface area contributed by atoms with E-state index >= 15 is 0 Å². The Bertz CT molecular complexity index is 357. The van der Waals surface area contributed by atoms with E-state index in [4.69, 9.17) is 5.73 Å². The van der Waals surface area contributed by atoms with Crippen LogP contribution in [-0.2, 0) is 6.54 Å². The first-order valence-electron chi connectivity index (χ1n) is 5.95. The van der Waals surface area contributed by atoms with E-state index in [-0.39, 0.29) is 6.03 Å². The lowest BCUT2D eigenvalue weighted by molar-refractivity contribution is 0.211. The molecule has 94 valence electrons. The van der Waals surface area contributed by atoms with Gasteiger partial charge in [0.15, 0.2) is 0 Å². The highest BCUT2D eigenvalue weighted by molar-refractivity contribution is 5.91. The number of urea groups is 1. The average molecular weight is 235 g/mol. The van der Waals surface area contributed by atoms with Crippen molar-refractivity contribution in [3.05, 3.63) is 29.8 Å². The van der Waals surface area contributed by atoms with Crippen molar-refractivity contribution in [2.24, 2.45) is 5.73 Å². The quantitative estimate of drug-likeness (QED) is 0.868. The van der Waals surface area contributed by atoms with Crippen molar-refractivity contribution in [3.63, 3.8) is 0 Å². The molecule has 0 fully saturated rings. The highest BCUT2D eigenvalue weighted by Gasteiger charge is 2.15. The first-order chi connectivity index (χ1) is 8.13. The lowest BCUT2D eigenvalue weighted by Gasteiger charge is -2.26. The zero-order chi connectivity index (χ0) is 12.8. The first-order valence-corrected chi connectivity index (χ1v) is 5.95. The number of nitrogens with two attached hydrogens (primary N) is 1.